The Morgan fingerprint density at radius 3 is 2.15 bits per heavy atom. The van der Waals surface area contributed by atoms with Crippen LogP contribution >= 0.6 is 0 Å². The molecule has 0 saturated heterocycles. The van der Waals surface area contributed by atoms with Crippen molar-refractivity contribution in [2.75, 3.05) is 19.7 Å². The van der Waals surface area contributed by atoms with Crippen molar-refractivity contribution >= 4 is 5.78 Å². The molecule has 118 valence electrons. The smallest absolute Gasteiger partial charge is 0.156 e. The summed E-state index contributed by atoms with van der Waals surface area (Å²) in [7, 11) is 0. The van der Waals surface area contributed by atoms with Gasteiger partial charge in [-0.15, -0.1) is 0 Å². The Hall–Kier alpha value is -0.870. The molecule has 0 aromatic heterocycles. The zero-order valence-electron chi connectivity index (χ0n) is 14.2. The lowest BCUT2D eigenvalue weighted by molar-refractivity contribution is -0.188. The van der Waals surface area contributed by atoms with E-state index in [2.05, 4.69) is 25.7 Å². The first-order valence-electron chi connectivity index (χ1n) is 7.61. The number of nitrogens with zero attached hydrogens (tertiary/aromatic N) is 1. The molecule has 4 nitrogen and oxygen atoms in total. The van der Waals surface area contributed by atoms with E-state index in [9.17, 15) is 4.79 Å². The number of carbonyl (C=O) groups excluding carboxylic acids is 1. The van der Waals surface area contributed by atoms with Gasteiger partial charge in [-0.1, -0.05) is 6.92 Å². The van der Waals surface area contributed by atoms with Gasteiger partial charge in [-0.25, -0.2) is 0 Å². The molecule has 0 spiro atoms. The second-order valence-electron chi connectivity index (χ2n) is 5.04. The average molecular weight is 285 g/mol. The average Bonchev–Trinajstić information content (AvgIpc) is 2.38. The minimum atomic E-state index is -0.522. The summed E-state index contributed by atoms with van der Waals surface area (Å²) in [5.41, 5.74) is 0.413. The first-order valence-corrected chi connectivity index (χ1v) is 7.61. The van der Waals surface area contributed by atoms with Gasteiger partial charge in [0.2, 0.25) is 0 Å². The molecule has 0 amide bonds. The zero-order valence-corrected chi connectivity index (χ0v) is 14.2. The summed E-state index contributed by atoms with van der Waals surface area (Å²) >= 11 is 0. The highest BCUT2D eigenvalue weighted by Gasteiger charge is 2.33. The molecule has 0 aliphatic carbocycles. The van der Waals surface area contributed by atoms with E-state index in [1.165, 1.54) is 0 Å². The Balaban J connectivity index is 5.40. The van der Waals surface area contributed by atoms with Crippen LogP contribution in [0.25, 0.3) is 0 Å². The highest BCUT2D eigenvalue weighted by atomic mass is 16.7. The Morgan fingerprint density at radius 1 is 1.25 bits per heavy atom. The summed E-state index contributed by atoms with van der Waals surface area (Å²) in [5.74, 6) is 0.0410. The molecule has 0 fully saturated rings. The van der Waals surface area contributed by atoms with Crippen LogP contribution in [0.15, 0.2) is 11.8 Å². The van der Waals surface area contributed by atoms with Crippen LogP contribution < -0.4 is 0 Å². The van der Waals surface area contributed by atoms with Crippen molar-refractivity contribution in [2.45, 2.75) is 66.8 Å². The number of allylic oxidation sites excluding steroid dienone is 1. The van der Waals surface area contributed by atoms with Gasteiger partial charge in [-0.3, -0.25) is 4.79 Å². The molecule has 0 aliphatic heterocycles. The topological polar surface area (TPSA) is 38.8 Å². The van der Waals surface area contributed by atoms with E-state index >= 15 is 0 Å². The standard InChI is InChI=1S/C16H31NO3/c1-8-16(7,20-14(6)19-11-4)15(12-13(5)18)17(9-2)10-3/h12,14H,8-11H2,1-7H3. The Kier molecular flexibility index (Phi) is 8.74. The van der Waals surface area contributed by atoms with Crippen LogP contribution in [0.3, 0.4) is 0 Å². The van der Waals surface area contributed by atoms with Gasteiger partial charge in [0.15, 0.2) is 12.1 Å². The van der Waals surface area contributed by atoms with Crippen LogP contribution in [-0.2, 0) is 14.3 Å². The number of ether oxygens (including phenoxy) is 2. The second kappa shape index (κ2) is 9.14. The molecule has 0 bridgehead atoms. The summed E-state index contributed by atoms with van der Waals surface area (Å²) in [4.78, 5) is 13.7. The van der Waals surface area contributed by atoms with Gasteiger partial charge in [0, 0.05) is 31.5 Å². The molecular formula is C16H31NO3. The van der Waals surface area contributed by atoms with Gasteiger partial charge in [-0.2, -0.15) is 0 Å². The number of hydrogen-bond donors (Lipinski definition) is 0. The van der Waals surface area contributed by atoms with E-state index in [4.69, 9.17) is 9.47 Å². The summed E-state index contributed by atoms with van der Waals surface area (Å²) in [6.07, 6.45) is 2.17. The third kappa shape index (κ3) is 5.63. The van der Waals surface area contributed by atoms with Gasteiger partial charge >= 0.3 is 0 Å². The number of carbonyl (C=O) groups is 1. The lowest BCUT2D eigenvalue weighted by Gasteiger charge is -2.39. The zero-order chi connectivity index (χ0) is 15.8. The van der Waals surface area contributed by atoms with E-state index in [-0.39, 0.29) is 12.1 Å². The van der Waals surface area contributed by atoms with Gasteiger partial charge in [0.1, 0.15) is 5.60 Å². The summed E-state index contributed by atoms with van der Waals surface area (Å²) in [6, 6.07) is 0. The first-order chi connectivity index (χ1) is 9.34. The minimum absolute atomic E-state index is 0.0410. The normalized spacial score (nSPS) is 16.6. The van der Waals surface area contributed by atoms with Gasteiger partial charge in [0.05, 0.1) is 0 Å². The Bertz CT molecular complexity index is 324. The minimum Gasteiger partial charge on any atom is -0.373 e. The summed E-state index contributed by atoms with van der Waals surface area (Å²) in [5, 5.41) is 0. The van der Waals surface area contributed by atoms with E-state index in [0.29, 0.717) is 6.61 Å². The maximum Gasteiger partial charge on any atom is 0.156 e. The second-order valence-corrected chi connectivity index (χ2v) is 5.04. The lowest BCUT2D eigenvalue weighted by atomic mass is 9.95. The molecule has 0 aliphatic rings. The highest BCUT2D eigenvalue weighted by molar-refractivity contribution is 5.88. The fourth-order valence-electron chi connectivity index (χ4n) is 2.30. The molecule has 2 atom stereocenters. The summed E-state index contributed by atoms with van der Waals surface area (Å²) < 4.78 is 11.6. The monoisotopic (exact) mass is 285 g/mol. The molecule has 4 heteroatoms. The largest absolute Gasteiger partial charge is 0.373 e. The molecule has 0 saturated carbocycles. The van der Waals surface area contributed by atoms with Gasteiger partial charge in [0.25, 0.3) is 0 Å². The lowest BCUT2D eigenvalue weighted by Crippen LogP contribution is -2.43. The molecule has 0 rings (SSSR count). The third-order valence-corrected chi connectivity index (χ3v) is 3.49. The van der Waals surface area contributed by atoms with Gasteiger partial charge < -0.3 is 14.4 Å². The first kappa shape index (κ1) is 19.1. The maximum atomic E-state index is 11.6. The number of likely N-dealkylation sites (N-methyl/N-ethyl adjacent to an activating group) is 1. The molecule has 0 aromatic rings. The molecule has 0 N–H and O–H groups in total. The van der Waals surface area contributed by atoms with Crippen molar-refractivity contribution in [2.24, 2.45) is 0 Å². The van der Waals surface area contributed by atoms with Crippen LogP contribution in [0.5, 0.6) is 0 Å². The van der Waals surface area contributed by atoms with Crippen LogP contribution in [0, 0.1) is 0 Å². The van der Waals surface area contributed by atoms with Crippen LogP contribution in [0.4, 0.5) is 0 Å². The Morgan fingerprint density at radius 2 is 1.80 bits per heavy atom. The van der Waals surface area contributed by atoms with Crippen molar-refractivity contribution in [3.05, 3.63) is 11.8 Å². The van der Waals surface area contributed by atoms with Crippen LogP contribution in [0.2, 0.25) is 0 Å². The number of hydrogen-bond acceptors (Lipinski definition) is 4. The SMILES string of the molecule is CCOC(C)OC(C)(CC)C(=CC(C)=O)N(CC)CC. The van der Waals surface area contributed by atoms with Crippen molar-refractivity contribution in [1.29, 1.82) is 0 Å². The van der Waals surface area contributed by atoms with Crippen LogP contribution in [0.1, 0.15) is 54.9 Å². The van der Waals surface area contributed by atoms with E-state index < -0.39 is 5.60 Å². The third-order valence-electron chi connectivity index (χ3n) is 3.49. The van der Waals surface area contributed by atoms with Crippen molar-refractivity contribution < 1.29 is 14.3 Å². The van der Waals surface area contributed by atoms with Crippen molar-refractivity contribution in [3.8, 4) is 0 Å². The quantitative estimate of drug-likeness (QED) is 0.456. The van der Waals surface area contributed by atoms with Gasteiger partial charge in [-0.05, 0) is 48.0 Å². The van der Waals surface area contributed by atoms with Crippen LogP contribution in [-0.4, -0.2) is 42.3 Å². The van der Waals surface area contributed by atoms with E-state index in [0.717, 1.165) is 25.2 Å². The fourth-order valence-corrected chi connectivity index (χ4v) is 2.30. The Labute approximate surface area is 124 Å². The molecule has 0 radical (unpaired) electrons. The number of ketones is 1. The molecular weight excluding hydrogens is 254 g/mol. The highest BCUT2D eigenvalue weighted by Crippen LogP contribution is 2.30. The van der Waals surface area contributed by atoms with E-state index in [1.807, 2.05) is 20.8 Å². The maximum absolute atomic E-state index is 11.6. The molecule has 2 unspecified atom stereocenters. The number of rotatable bonds is 10. The van der Waals surface area contributed by atoms with E-state index in [1.54, 1.807) is 13.0 Å². The fraction of sp³-hybridized carbons (Fsp3) is 0.812. The predicted molar refractivity (Wildman–Crippen MR) is 82.6 cm³/mol. The molecule has 20 heavy (non-hydrogen) atoms. The predicted octanol–water partition coefficient (Wildman–Crippen LogP) is 3.37. The summed E-state index contributed by atoms with van der Waals surface area (Å²) in [6.45, 7) is 16.0. The van der Waals surface area contributed by atoms with Crippen molar-refractivity contribution in [1.82, 2.24) is 4.90 Å². The van der Waals surface area contributed by atoms with Crippen molar-refractivity contribution in [3.63, 3.8) is 0 Å². The molecule has 0 aromatic carbocycles. The molecule has 0 heterocycles.